The van der Waals surface area contributed by atoms with Crippen LogP contribution in [-0.4, -0.2) is 13.2 Å². The fourth-order valence-electron chi connectivity index (χ4n) is 5.34. The number of hydrogen-bond donors (Lipinski definition) is 0. The molecular formula is C28H33O4P. The molecule has 0 spiro atoms. The van der Waals surface area contributed by atoms with Gasteiger partial charge in [0, 0.05) is 10.8 Å². The standard InChI is InChI=1S/C28H33O4P/c1-17(2)21-12-10-18(3)15-25(21)31-33-30-24-13-11-20-8-6-7-9-22(20)27(24)23-14-19(4)16-26(29-5)28(23)32-33/h6-9,11,13-14,16-18,21,25H,10,12,15H2,1-5H3. The lowest BCUT2D eigenvalue weighted by Crippen LogP contribution is -2.35. The summed E-state index contributed by atoms with van der Waals surface area (Å²) in [6.45, 7) is 8.98. The van der Waals surface area contributed by atoms with E-state index in [0.717, 1.165) is 33.7 Å². The van der Waals surface area contributed by atoms with E-state index in [2.05, 4.69) is 64.1 Å². The Bertz CT molecular complexity index is 1340. The molecular weight excluding hydrogens is 431 g/mol. The Kier molecular flexibility index (Phi) is 6.16. The van der Waals surface area contributed by atoms with Crippen LogP contribution in [0.1, 0.15) is 45.6 Å². The summed E-state index contributed by atoms with van der Waals surface area (Å²) < 4.78 is 25.5. The molecule has 4 aromatic rings. The summed E-state index contributed by atoms with van der Waals surface area (Å²) in [5.74, 6) is 2.43. The smallest absolute Gasteiger partial charge is 0.387 e. The number of benzene rings is 3. The molecule has 0 radical (unpaired) electrons. The zero-order chi connectivity index (χ0) is 23.1. The zero-order valence-electron chi connectivity index (χ0n) is 20.1. The summed E-state index contributed by atoms with van der Waals surface area (Å²) in [7, 11) is 0.0576. The van der Waals surface area contributed by atoms with Crippen LogP contribution in [0, 0.1) is 24.7 Å². The summed E-state index contributed by atoms with van der Waals surface area (Å²) in [5, 5.41) is 4.33. The van der Waals surface area contributed by atoms with Gasteiger partial charge in [0.1, 0.15) is 5.58 Å². The van der Waals surface area contributed by atoms with Gasteiger partial charge < -0.3 is 13.1 Å². The molecule has 0 N–H and O–H groups in total. The normalized spacial score (nSPS) is 21.8. The Hall–Kier alpha value is -2.42. The molecule has 33 heavy (non-hydrogen) atoms. The van der Waals surface area contributed by atoms with Crippen molar-refractivity contribution in [2.24, 2.45) is 17.8 Å². The second kappa shape index (κ2) is 9.08. The largest absolute Gasteiger partial charge is 0.493 e. The molecule has 1 fully saturated rings. The first-order valence-corrected chi connectivity index (χ1v) is 13.1. The van der Waals surface area contributed by atoms with Gasteiger partial charge in [-0.25, -0.2) is 0 Å². The molecule has 0 aliphatic heterocycles. The minimum Gasteiger partial charge on any atom is -0.493 e. The number of fused-ring (bicyclic) bond motifs is 5. The van der Waals surface area contributed by atoms with Crippen molar-refractivity contribution in [1.82, 2.24) is 0 Å². The second-order valence-corrected chi connectivity index (χ2v) is 10.9. The first kappa shape index (κ1) is 22.4. The Morgan fingerprint density at radius 3 is 2.61 bits per heavy atom. The van der Waals surface area contributed by atoms with E-state index in [9.17, 15) is 0 Å². The van der Waals surface area contributed by atoms with Crippen molar-refractivity contribution in [2.75, 3.05) is 7.11 Å². The van der Waals surface area contributed by atoms with Crippen LogP contribution in [0.5, 0.6) is 5.75 Å². The lowest BCUT2D eigenvalue weighted by Gasteiger charge is -2.35. The Balaban J connectivity index is 1.78. The topological polar surface area (TPSA) is 44.7 Å². The van der Waals surface area contributed by atoms with Crippen molar-refractivity contribution in [3.8, 4) is 5.75 Å². The molecule has 1 aliphatic rings. The number of aryl methyl sites for hydroxylation is 1. The first-order chi connectivity index (χ1) is 15.9. The Labute approximate surface area is 196 Å². The molecule has 0 amide bonds. The highest BCUT2D eigenvalue weighted by Gasteiger charge is 2.33. The quantitative estimate of drug-likeness (QED) is 0.303. The molecule has 0 bridgehead atoms. The van der Waals surface area contributed by atoms with Gasteiger partial charge >= 0.3 is 8.24 Å². The maximum Gasteiger partial charge on any atom is 0.387 e. The molecule has 1 heterocycles. The van der Waals surface area contributed by atoms with E-state index in [-0.39, 0.29) is 6.10 Å². The van der Waals surface area contributed by atoms with Crippen molar-refractivity contribution in [3.63, 3.8) is 0 Å². The van der Waals surface area contributed by atoms with Gasteiger partial charge in [-0.1, -0.05) is 57.5 Å². The van der Waals surface area contributed by atoms with Crippen molar-refractivity contribution >= 4 is 41.0 Å². The zero-order valence-corrected chi connectivity index (χ0v) is 21.0. The van der Waals surface area contributed by atoms with Gasteiger partial charge in [-0.3, -0.25) is 4.52 Å². The van der Waals surface area contributed by atoms with E-state index in [1.54, 1.807) is 7.11 Å². The SMILES string of the molecule is COc1cc(C)cc2c1op(OC1CC(C)CCC1C(C)C)oc1ccc3ccccc3c12. The van der Waals surface area contributed by atoms with Crippen LogP contribution in [0.2, 0.25) is 0 Å². The molecule has 0 saturated heterocycles. The molecule has 174 valence electrons. The van der Waals surface area contributed by atoms with Crippen LogP contribution in [0.3, 0.4) is 0 Å². The highest BCUT2D eigenvalue weighted by molar-refractivity contribution is 7.31. The molecule has 5 rings (SSSR count). The third-order valence-corrected chi connectivity index (χ3v) is 8.22. The van der Waals surface area contributed by atoms with Gasteiger partial charge in [-0.05, 0) is 72.1 Å². The molecule has 1 aromatic heterocycles. The van der Waals surface area contributed by atoms with E-state index < -0.39 is 8.24 Å². The van der Waals surface area contributed by atoms with E-state index in [4.69, 9.17) is 17.7 Å². The van der Waals surface area contributed by atoms with Crippen LogP contribution in [0.15, 0.2) is 56.9 Å². The lowest BCUT2D eigenvalue weighted by molar-refractivity contribution is 0.0746. The van der Waals surface area contributed by atoms with Crippen LogP contribution in [0.4, 0.5) is 0 Å². The molecule has 1 aliphatic carbocycles. The van der Waals surface area contributed by atoms with E-state index in [1.807, 2.05) is 12.1 Å². The monoisotopic (exact) mass is 464 g/mol. The minimum absolute atomic E-state index is 0.127. The molecule has 5 heteroatoms. The number of hydrogen-bond acceptors (Lipinski definition) is 4. The van der Waals surface area contributed by atoms with E-state index in [0.29, 0.717) is 29.1 Å². The predicted octanol–water partition coefficient (Wildman–Crippen LogP) is 8.65. The fourth-order valence-corrected chi connectivity index (χ4v) is 6.58. The van der Waals surface area contributed by atoms with Crippen LogP contribution in [-0.2, 0) is 0 Å². The molecule has 3 aromatic carbocycles. The van der Waals surface area contributed by atoms with E-state index >= 15 is 0 Å². The van der Waals surface area contributed by atoms with Crippen molar-refractivity contribution in [3.05, 3.63) is 54.1 Å². The first-order valence-electron chi connectivity index (χ1n) is 12.0. The maximum atomic E-state index is 6.68. The van der Waals surface area contributed by atoms with Crippen molar-refractivity contribution in [1.29, 1.82) is 0 Å². The second-order valence-electron chi connectivity index (χ2n) is 9.88. The molecule has 4 unspecified atom stereocenters. The molecule has 4 atom stereocenters. The predicted molar refractivity (Wildman–Crippen MR) is 137 cm³/mol. The Morgan fingerprint density at radius 1 is 1.00 bits per heavy atom. The molecule has 4 nitrogen and oxygen atoms in total. The molecule has 1 saturated carbocycles. The highest BCUT2D eigenvalue weighted by atomic mass is 31.1. The summed E-state index contributed by atoms with van der Waals surface area (Å²) >= 11 is 0. The van der Waals surface area contributed by atoms with Gasteiger partial charge in [-0.2, -0.15) is 0 Å². The number of ether oxygens (including phenoxy) is 1. The van der Waals surface area contributed by atoms with Crippen molar-refractivity contribution < 1.29 is 17.7 Å². The third kappa shape index (κ3) is 4.27. The fraction of sp³-hybridized carbons (Fsp3) is 0.429. The third-order valence-electron chi connectivity index (χ3n) is 7.10. The van der Waals surface area contributed by atoms with Gasteiger partial charge in [0.2, 0.25) is 0 Å². The number of rotatable bonds is 4. The average Bonchev–Trinajstić information content (AvgIpc) is 2.95. The number of methoxy groups -OCH3 is 1. The summed E-state index contributed by atoms with van der Waals surface area (Å²) in [6, 6.07) is 16.7. The van der Waals surface area contributed by atoms with E-state index in [1.165, 1.54) is 18.2 Å². The summed E-state index contributed by atoms with van der Waals surface area (Å²) in [4.78, 5) is 0. The Morgan fingerprint density at radius 2 is 1.82 bits per heavy atom. The maximum absolute atomic E-state index is 6.68. The van der Waals surface area contributed by atoms with Gasteiger partial charge in [0.15, 0.2) is 11.3 Å². The highest BCUT2D eigenvalue weighted by Crippen LogP contribution is 2.44. The van der Waals surface area contributed by atoms with Crippen molar-refractivity contribution in [2.45, 2.75) is 53.1 Å². The average molecular weight is 465 g/mol. The summed E-state index contributed by atoms with van der Waals surface area (Å²) in [6.07, 6.45) is 3.61. The van der Waals surface area contributed by atoms with Gasteiger partial charge in [0.25, 0.3) is 0 Å². The summed E-state index contributed by atoms with van der Waals surface area (Å²) in [5.41, 5.74) is 2.62. The minimum atomic E-state index is -1.63. The van der Waals surface area contributed by atoms with Crippen LogP contribution in [0.25, 0.3) is 32.7 Å². The van der Waals surface area contributed by atoms with Gasteiger partial charge in [0.05, 0.1) is 13.2 Å². The lowest BCUT2D eigenvalue weighted by atomic mass is 9.75. The van der Waals surface area contributed by atoms with Crippen LogP contribution < -0.4 is 9.26 Å². The van der Waals surface area contributed by atoms with Crippen LogP contribution >= 0.6 is 8.24 Å². The van der Waals surface area contributed by atoms with Gasteiger partial charge in [-0.15, -0.1) is 0 Å².